The van der Waals surface area contributed by atoms with Crippen LogP contribution in [0.1, 0.15) is 81.9 Å². The highest BCUT2D eigenvalue weighted by molar-refractivity contribution is 5.56. The lowest BCUT2D eigenvalue weighted by atomic mass is 9.78. The molecule has 1 fully saturated rings. The minimum absolute atomic E-state index is 0.0735. The Kier molecular flexibility index (Phi) is 7.72. The fraction of sp³-hybridized carbons (Fsp3) is 0.636. The first-order valence-corrected chi connectivity index (χ1v) is 9.91. The van der Waals surface area contributed by atoms with Crippen molar-refractivity contribution in [3.63, 3.8) is 0 Å². The second-order valence-electron chi connectivity index (χ2n) is 7.53. The van der Waals surface area contributed by atoms with Crippen LogP contribution < -0.4 is 0 Å². The average molecular weight is 370 g/mol. The number of benzene rings is 1. The molecule has 1 aromatic rings. The van der Waals surface area contributed by atoms with Gasteiger partial charge in [-0.2, -0.15) is 13.2 Å². The van der Waals surface area contributed by atoms with Crippen LogP contribution in [-0.2, 0) is 12.6 Å². The zero-order chi connectivity index (χ0) is 19.2. The van der Waals surface area contributed by atoms with Gasteiger partial charge >= 0.3 is 6.18 Å². The quantitative estimate of drug-likeness (QED) is 0.429. The molecule has 1 aromatic carbocycles. The minimum Gasteiger partial charge on any atom is -0.206 e. The Morgan fingerprint density at radius 1 is 1.04 bits per heavy atom. The molecule has 4 heteroatoms. The van der Waals surface area contributed by atoms with E-state index >= 15 is 0 Å². The van der Waals surface area contributed by atoms with Gasteiger partial charge in [-0.25, -0.2) is 4.39 Å². The smallest absolute Gasteiger partial charge is 0.206 e. The van der Waals surface area contributed by atoms with Crippen LogP contribution in [0.15, 0.2) is 18.2 Å². The number of hydrogen-bond acceptors (Lipinski definition) is 0. The largest absolute Gasteiger partial charge is 0.419 e. The predicted molar refractivity (Wildman–Crippen MR) is 99.4 cm³/mol. The summed E-state index contributed by atoms with van der Waals surface area (Å²) in [5, 5.41) is 0. The van der Waals surface area contributed by atoms with Crippen LogP contribution in [-0.4, -0.2) is 0 Å². The first kappa shape index (κ1) is 21.0. The van der Waals surface area contributed by atoms with Gasteiger partial charge in [0.05, 0.1) is 5.56 Å². The first-order valence-electron chi connectivity index (χ1n) is 9.91. The maximum absolute atomic E-state index is 14.7. The minimum atomic E-state index is -4.68. The van der Waals surface area contributed by atoms with E-state index in [9.17, 15) is 17.6 Å². The van der Waals surface area contributed by atoms with Crippen molar-refractivity contribution >= 4 is 6.08 Å². The summed E-state index contributed by atoms with van der Waals surface area (Å²) in [5.74, 6) is 0.211. The highest BCUT2D eigenvalue weighted by Gasteiger charge is 2.37. The van der Waals surface area contributed by atoms with Gasteiger partial charge in [0.2, 0.25) is 0 Å². The van der Waals surface area contributed by atoms with E-state index < -0.39 is 17.6 Å². The van der Waals surface area contributed by atoms with Crippen molar-refractivity contribution in [1.29, 1.82) is 0 Å². The van der Waals surface area contributed by atoms with E-state index in [1.807, 2.05) is 6.92 Å². The molecule has 0 unspecified atom stereocenters. The lowest BCUT2D eigenvalue weighted by molar-refractivity contribution is -0.140. The summed E-state index contributed by atoms with van der Waals surface area (Å²) in [4.78, 5) is 0. The van der Waals surface area contributed by atoms with Gasteiger partial charge in [0.15, 0.2) is 0 Å². The van der Waals surface area contributed by atoms with E-state index in [1.54, 1.807) is 6.08 Å². The fourth-order valence-corrected chi connectivity index (χ4v) is 3.92. The maximum atomic E-state index is 14.7. The molecule has 0 aliphatic heterocycles. The second kappa shape index (κ2) is 9.57. The van der Waals surface area contributed by atoms with Crippen LogP contribution in [0, 0.1) is 17.7 Å². The molecule has 1 aliphatic carbocycles. The summed E-state index contributed by atoms with van der Waals surface area (Å²) in [6, 6.07) is 2.95. The fourth-order valence-electron chi connectivity index (χ4n) is 3.92. The van der Waals surface area contributed by atoms with Crippen LogP contribution in [0.5, 0.6) is 0 Å². The molecule has 0 nitrogen and oxygen atoms in total. The number of halogens is 4. The molecule has 0 aromatic heterocycles. The van der Waals surface area contributed by atoms with Gasteiger partial charge in [0.1, 0.15) is 5.82 Å². The number of rotatable bonds is 7. The van der Waals surface area contributed by atoms with E-state index in [4.69, 9.17) is 0 Å². The van der Waals surface area contributed by atoms with Crippen molar-refractivity contribution in [2.45, 2.75) is 77.8 Å². The maximum Gasteiger partial charge on any atom is 0.419 e. The third-order valence-electron chi connectivity index (χ3n) is 5.66. The highest BCUT2D eigenvalue weighted by Crippen LogP contribution is 2.37. The summed E-state index contributed by atoms with van der Waals surface area (Å²) in [7, 11) is 0. The van der Waals surface area contributed by atoms with E-state index in [0.717, 1.165) is 31.6 Å². The Bertz CT molecular complexity index is 593. The van der Waals surface area contributed by atoms with E-state index in [1.165, 1.54) is 37.5 Å². The lowest BCUT2D eigenvalue weighted by Crippen LogP contribution is -2.16. The van der Waals surface area contributed by atoms with Crippen molar-refractivity contribution in [2.24, 2.45) is 11.8 Å². The standard InChI is InChI=1S/C22H30F4/c1-3-5-6-7-18-14-15-19(21(23)20(18)22(24,25)26)13-12-17-10-8-16(4-2)9-11-17/h6-7,14-17H,3-5,8-13H2,1-2H3/b7-6+. The third kappa shape index (κ3) is 5.59. The Balaban J connectivity index is 2.12. The number of hydrogen-bond donors (Lipinski definition) is 0. The Morgan fingerprint density at radius 2 is 1.69 bits per heavy atom. The molecule has 1 saturated carbocycles. The molecule has 26 heavy (non-hydrogen) atoms. The van der Waals surface area contributed by atoms with Crippen LogP contribution in [0.2, 0.25) is 0 Å². The summed E-state index contributed by atoms with van der Waals surface area (Å²) in [6.45, 7) is 4.15. The van der Waals surface area contributed by atoms with Gasteiger partial charge in [0.25, 0.3) is 0 Å². The van der Waals surface area contributed by atoms with Crippen molar-refractivity contribution in [2.75, 3.05) is 0 Å². The summed E-state index contributed by atoms with van der Waals surface area (Å²) in [5.41, 5.74) is -0.990. The molecule has 0 heterocycles. The Labute approximate surface area is 154 Å². The SMILES string of the molecule is CCC/C=C/c1ccc(CCC2CCC(CC)CC2)c(F)c1C(F)(F)F. The van der Waals surface area contributed by atoms with Crippen molar-refractivity contribution in [1.82, 2.24) is 0 Å². The van der Waals surface area contributed by atoms with Crippen LogP contribution in [0.25, 0.3) is 6.08 Å². The Morgan fingerprint density at radius 3 is 2.27 bits per heavy atom. The molecule has 1 aliphatic rings. The topological polar surface area (TPSA) is 0 Å². The first-order chi connectivity index (χ1) is 12.4. The van der Waals surface area contributed by atoms with Crippen molar-refractivity contribution < 1.29 is 17.6 Å². The molecule has 0 amide bonds. The third-order valence-corrected chi connectivity index (χ3v) is 5.66. The molecular weight excluding hydrogens is 340 g/mol. The number of unbranched alkanes of at least 4 members (excludes halogenated alkanes) is 1. The molecule has 146 valence electrons. The molecule has 0 radical (unpaired) electrons. The normalized spacial score (nSPS) is 21.5. The second-order valence-corrected chi connectivity index (χ2v) is 7.53. The zero-order valence-corrected chi connectivity index (χ0v) is 15.8. The highest BCUT2D eigenvalue weighted by atomic mass is 19.4. The van der Waals surface area contributed by atoms with Gasteiger partial charge in [-0.15, -0.1) is 0 Å². The number of allylic oxidation sites excluding steroid dienone is 1. The van der Waals surface area contributed by atoms with Crippen LogP contribution in [0.3, 0.4) is 0 Å². The number of aryl methyl sites for hydroxylation is 1. The zero-order valence-electron chi connectivity index (χ0n) is 15.8. The summed E-state index contributed by atoms with van der Waals surface area (Å²) in [6.07, 6.45) is 6.89. The lowest BCUT2D eigenvalue weighted by Gasteiger charge is -2.27. The monoisotopic (exact) mass is 370 g/mol. The van der Waals surface area contributed by atoms with Gasteiger partial charge in [-0.1, -0.05) is 76.7 Å². The Hall–Kier alpha value is -1.32. The van der Waals surface area contributed by atoms with Crippen LogP contribution in [0.4, 0.5) is 17.6 Å². The van der Waals surface area contributed by atoms with E-state index in [0.29, 0.717) is 18.8 Å². The molecular formula is C22H30F4. The number of alkyl halides is 3. The van der Waals surface area contributed by atoms with E-state index in [2.05, 4.69) is 6.92 Å². The van der Waals surface area contributed by atoms with Crippen molar-refractivity contribution in [3.8, 4) is 0 Å². The van der Waals surface area contributed by atoms with Crippen molar-refractivity contribution in [3.05, 3.63) is 40.7 Å². The molecule has 2 rings (SSSR count). The summed E-state index contributed by atoms with van der Waals surface area (Å²) < 4.78 is 54.9. The predicted octanol–water partition coefficient (Wildman–Crippen LogP) is 7.81. The molecule has 0 bridgehead atoms. The van der Waals surface area contributed by atoms with Gasteiger partial charge in [-0.05, 0) is 42.2 Å². The molecule has 0 saturated heterocycles. The molecule has 0 N–H and O–H groups in total. The van der Waals surface area contributed by atoms with Gasteiger partial charge < -0.3 is 0 Å². The molecule has 0 spiro atoms. The van der Waals surface area contributed by atoms with Crippen LogP contribution >= 0.6 is 0 Å². The average Bonchev–Trinajstić information content (AvgIpc) is 2.60. The summed E-state index contributed by atoms with van der Waals surface area (Å²) >= 11 is 0. The van der Waals surface area contributed by atoms with E-state index in [-0.39, 0.29) is 11.1 Å². The molecule has 0 atom stereocenters. The van der Waals surface area contributed by atoms with Gasteiger partial charge in [0, 0.05) is 0 Å². The van der Waals surface area contributed by atoms with Gasteiger partial charge in [-0.3, -0.25) is 0 Å².